The van der Waals surface area contributed by atoms with Crippen LogP contribution >= 0.6 is 0 Å². The van der Waals surface area contributed by atoms with Gasteiger partial charge in [-0.3, -0.25) is 4.79 Å². The quantitative estimate of drug-likeness (QED) is 0.521. The SMILES string of the molecule is O=C(NCc1ccnc(N2CCCC2)c1)c1ccccc1Nc1ccc(OC(F)F)cc1. The van der Waals surface area contributed by atoms with Gasteiger partial charge in [-0.2, -0.15) is 8.78 Å². The zero-order chi connectivity index (χ0) is 22.3. The Morgan fingerprint density at radius 1 is 1.06 bits per heavy atom. The van der Waals surface area contributed by atoms with Crippen molar-refractivity contribution in [1.29, 1.82) is 0 Å². The number of carbonyl (C=O) groups is 1. The smallest absolute Gasteiger partial charge is 0.387 e. The van der Waals surface area contributed by atoms with Crippen LogP contribution in [-0.2, 0) is 6.54 Å². The highest BCUT2D eigenvalue weighted by Gasteiger charge is 2.15. The number of amides is 1. The average Bonchev–Trinajstić information content (AvgIpc) is 3.34. The number of ether oxygens (including phenoxy) is 1. The van der Waals surface area contributed by atoms with E-state index in [9.17, 15) is 13.6 Å². The number of hydrogen-bond donors (Lipinski definition) is 2. The molecule has 0 bridgehead atoms. The second kappa shape index (κ2) is 10.1. The zero-order valence-electron chi connectivity index (χ0n) is 17.4. The third-order valence-corrected chi connectivity index (χ3v) is 5.22. The summed E-state index contributed by atoms with van der Waals surface area (Å²) >= 11 is 0. The van der Waals surface area contributed by atoms with Crippen LogP contribution in [0.15, 0.2) is 66.9 Å². The number of carbonyl (C=O) groups excluding carboxylic acids is 1. The molecule has 8 heteroatoms. The van der Waals surface area contributed by atoms with Crippen LogP contribution in [0.4, 0.5) is 26.0 Å². The minimum Gasteiger partial charge on any atom is -0.435 e. The number of anilines is 3. The van der Waals surface area contributed by atoms with E-state index in [1.807, 2.05) is 18.2 Å². The summed E-state index contributed by atoms with van der Waals surface area (Å²) in [6, 6.07) is 17.1. The lowest BCUT2D eigenvalue weighted by atomic mass is 10.1. The first-order chi connectivity index (χ1) is 15.6. The van der Waals surface area contributed by atoms with Crippen molar-refractivity contribution in [2.45, 2.75) is 26.0 Å². The predicted octanol–water partition coefficient (Wildman–Crippen LogP) is 4.96. The van der Waals surface area contributed by atoms with Crippen molar-refractivity contribution in [1.82, 2.24) is 10.3 Å². The molecule has 0 saturated carbocycles. The van der Waals surface area contributed by atoms with Gasteiger partial charge < -0.3 is 20.3 Å². The maximum absolute atomic E-state index is 12.9. The van der Waals surface area contributed by atoms with Gasteiger partial charge in [0.2, 0.25) is 0 Å². The Bertz CT molecular complexity index is 1050. The molecular formula is C24H24F2N4O2. The van der Waals surface area contributed by atoms with Crippen molar-refractivity contribution in [3.63, 3.8) is 0 Å². The van der Waals surface area contributed by atoms with E-state index >= 15 is 0 Å². The molecule has 0 unspecified atom stereocenters. The number of pyridine rings is 1. The van der Waals surface area contributed by atoms with Crippen LogP contribution in [0, 0.1) is 0 Å². The van der Waals surface area contributed by atoms with Crippen molar-refractivity contribution in [2.75, 3.05) is 23.3 Å². The number of nitrogens with zero attached hydrogens (tertiary/aromatic N) is 2. The van der Waals surface area contributed by atoms with E-state index in [2.05, 4.69) is 25.3 Å². The monoisotopic (exact) mass is 438 g/mol. The molecule has 0 atom stereocenters. The lowest BCUT2D eigenvalue weighted by Crippen LogP contribution is -2.24. The molecule has 4 rings (SSSR count). The van der Waals surface area contributed by atoms with E-state index in [1.165, 1.54) is 25.0 Å². The highest BCUT2D eigenvalue weighted by molar-refractivity contribution is 6.00. The molecule has 2 N–H and O–H groups in total. The number of hydrogen-bond acceptors (Lipinski definition) is 5. The van der Waals surface area contributed by atoms with E-state index in [4.69, 9.17) is 0 Å². The molecular weight excluding hydrogens is 414 g/mol. The van der Waals surface area contributed by atoms with E-state index in [0.717, 1.165) is 24.5 Å². The fourth-order valence-electron chi connectivity index (χ4n) is 3.63. The molecule has 0 radical (unpaired) electrons. The zero-order valence-corrected chi connectivity index (χ0v) is 17.4. The predicted molar refractivity (Wildman–Crippen MR) is 120 cm³/mol. The van der Waals surface area contributed by atoms with E-state index < -0.39 is 6.61 Å². The molecule has 3 aromatic rings. The molecule has 2 heterocycles. The summed E-state index contributed by atoms with van der Waals surface area (Å²) < 4.78 is 29.0. The second-order valence-corrected chi connectivity index (χ2v) is 7.47. The number of aromatic nitrogens is 1. The summed E-state index contributed by atoms with van der Waals surface area (Å²) in [6.07, 6.45) is 4.12. The Hall–Kier alpha value is -3.68. The van der Waals surface area contributed by atoms with Gasteiger partial charge in [-0.05, 0) is 66.9 Å². The number of halogens is 2. The number of rotatable bonds is 8. The van der Waals surface area contributed by atoms with Gasteiger partial charge in [0.15, 0.2) is 0 Å². The topological polar surface area (TPSA) is 66.5 Å². The average molecular weight is 438 g/mol. The normalized spacial score (nSPS) is 13.3. The maximum Gasteiger partial charge on any atom is 0.387 e. The van der Waals surface area contributed by atoms with Crippen molar-refractivity contribution in [2.24, 2.45) is 0 Å². The first-order valence-corrected chi connectivity index (χ1v) is 10.5. The van der Waals surface area contributed by atoms with E-state index in [0.29, 0.717) is 23.5 Å². The summed E-state index contributed by atoms with van der Waals surface area (Å²) in [5.74, 6) is 0.795. The molecule has 0 aliphatic carbocycles. The lowest BCUT2D eigenvalue weighted by molar-refractivity contribution is -0.0498. The molecule has 2 aromatic carbocycles. The Morgan fingerprint density at radius 2 is 1.81 bits per heavy atom. The molecule has 166 valence electrons. The van der Waals surface area contributed by atoms with Crippen molar-refractivity contribution >= 4 is 23.1 Å². The maximum atomic E-state index is 12.9. The van der Waals surface area contributed by atoms with Gasteiger partial charge in [-0.1, -0.05) is 12.1 Å². The molecule has 1 aliphatic rings. The number of alkyl halides is 2. The standard InChI is InChI=1S/C24H24F2N4O2/c25-24(26)32-19-9-7-18(8-10-19)29-21-6-2-1-5-20(21)23(31)28-16-17-11-12-27-22(15-17)30-13-3-4-14-30/h1-2,5-12,15,24,29H,3-4,13-14,16H2,(H,28,31). The van der Waals surface area contributed by atoms with Crippen molar-refractivity contribution < 1.29 is 18.3 Å². The van der Waals surface area contributed by atoms with Crippen LogP contribution < -0.4 is 20.3 Å². The van der Waals surface area contributed by atoms with Gasteiger partial charge >= 0.3 is 6.61 Å². The van der Waals surface area contributed by atoms with Gasteiger partial charge in [-0.25, -0.2) is 4.98 Å². The fraction of sp³-hybridized carbons (Fsp3) is 0.250. The van der Waals surface area contributed by atoms with Crippen LogP contribution in [0.25, 0.3) is 0 Å². The molecule has 1 aromatic heterocycles. The molecule has 1 aliphatic heterocycles. The number of para-hydroxylation sites is 1. The van der Waals surface area contributed by atoms with Gasteiger partial charge in [0, 0.05) is 31.5 Å². The number of nitrogens with one attached hydrogen (secondary N) is 2. The van der Waals surface area contributed by atoms with Crippen LogP contribution in [0.3, 0.4) is 0 Å². The first kappa shape index (κ1) is 21.5. The Kier molecular flexibility index (Phi) is 6.79. The summed E-state index contributed by atoms with van der Waals surface area (Å²) in [4.78, 5) is 19.6. The highest BCUT2D eigenvalue weighted by Crippen LogP contribution is 2.24. The summed E-state index contributed by atoms with van der Waals surface area (Å²) in [5, 5.41) is 6.12. The van der Waals surface area contributed by atoms with E-state index in [1.54, 1.807) is 36.5 Å². The largest absolute Gasteiger partial charge is 0.435 e. The third-order valence-electron chi connectivity index (χ3n) is 5.22. The third kappa shape index (κ3) is 5.51. The molecule has 1 amide bonds. The summed E-state index contributed by atoms with van der Waals surface area (Å²) in [7, 11) is 0. The van der Waals surface area contributed by atoms with Crippen molar-refractivity contribution in [3.8, 4) is 5.75 Å². The minimum absolute atomic E-state index is 0.0715. The molecule has 0 spiro atoms. The molecule has 6 nitrogen and oxygen atoms in total. The molecule has 1 saturated heterocycles. The second-order valence-electron chi connectivity index (χ2n) is 7.47. The van der Waals surface area contributed by atoms with Crippen LogP contribution in [-0.4, -0.2) is 30.6 Å². The van der Waals surface area contributed by atoms with Crippen molar-refractivity contribution in [3.05, 3.63) is 78.0 Å². The van der Waals surface area contributed by atoms with Gasteiger partial charge in [0.25, 0.3) is 5.91 Å². The molecule has 1 fully saturated rings. The Labute approximate surface area is 185 Å². The number of benzene rings is 2. The fourth-order valence-corrected chi connectivity index (χ4v) is 3.63. The van der Waals surface area contributed by atoms with Crippen LogP contribution in [0.5, 0.6) is 5.75 Å². The Morgan fingerprint density at radius 3 is 2.56 bits per heavy atom. The highest BCUT2D eigenvalue weighted by atomic mass is 19.3. The minimum atomic E-state index is -2.87. The Balaban J connectivity index is 1.41. The summed E-state index contributed by atoms with van der Waals surface area (Å²) in [5.41, 5.74) is 2.72. The summed E-state index contributed by atoms with van der Waals surface area (Å²) in [6.45, 7) is -0.463. The van der Waals surface area contributed by atoms with Gasteiger partial charge in [0.1, 0.15) is 11.6 Å². The van der Waals surface area contributed by atoms with Crippen LogP contribution in [0.2, 0.25) is 0 Å². The van der Waals surface area contributed by atoms with Gasteiger partial charge in [0.05, 0.1) is 11.3 Å². The van der Waals surface area contributed by atoms with E-state index in [-0.39, 0.29) is 11.7 Å². The van der Waals surface area contributed by atoms with Crippen LogP contribution in [0.1, 0.15) is 28.8 Å². The van der Waals surface area contributed by atoms with Gasteiger partial charge in [-0.15, -0.1) is 0 Å². The lowest BCUT2D eigenvalue weighted by Gasteiger charge is -2.17. The molecule has 32 heavy (non-hydrogen) atoms. The first-order valence-electron chi connectivity index (χ1n) is 10.5.